The molecule has 122 valence electrons. The van der Waals surface area contributed by atoms with Gasteiger partial charge in [-0.05, 0) is 61.3 Å². The summed E-state index contributed by atoms with van der Waals surface area (Å²) in [5.41, 5.74) is 6.18. The molecule has 0 radical (unpaired) electrons. The van der Waals surface area contributed by atoms with Crippen LogP contribution in [0.5, 0.6) is 0 Å². The molecule has 0 unspecified atom stereocenters. The fourth-order valence-electron chi connectivity index (χ4n) is 2.86. The van der Waals surface area contributed by atoms with Crippen LogP contribution in [0.25, 0.3) is 11.1 Å². The summed E-state index contributed by atoms with van der Waals surface area (Å²) in [5.74, 6) is 0. The Labute approximate surface area is 141 Å². The van der Waals surface area contributed by atoms with Crippen molar-refractivity contribution in [3.8, 4) is 11.1 Å². The molecule has 23 heavy (non-hydrogen) atoms. The minimum atomic E-state index is 0.778. The second-order valence-corrected chi connectivity index (χ2v) is 6.48. The molecule has 0 atom stereocenters. The van der Waals surface area contributed by atoms with Gasteiger partial charge in [-0.2, -0.15) is 0 Å². The van der Waals surface area contributed by atoms with Crippen molar-refractivity contribution in [2.75, 3.05) is 0 Å². The predicted molar refractivity (Wildman–Crippen MR) is 101 cm³/mol. The van der Waals surface area contributed by atoms with Gasteiger partial charge >= 0.3 is 0 Å². The highest BCUT2D eigenvalue weighted by Gasteiger charge is 2.00. The predicted octanol–water partition coefficient (Wildman–Crippen LogP) is 6.45. The van der Waals surface area contributed by atoms with Crippen LogP contribution in [0.4, 0.5) is 0 Å². The van der Waals surface area contributed by atoms with Crippen LogP contribution in [0.15, 0.2) is 48.5 Å². The molecule has 0 aliphatic carbocycles. The first-order valence-corrected chi connectivity index (χ1v) is 8.91. The van der Waals surface area contributed by atoms with E-state index >= 15 is 0 Å². The molecule has 0 aliphatic rings. The highest BCUT2D eigenvalue weighted by Crippen LogP contribution is 2.21. The van der Waals surface area contributed by atoms with Crippen LogP contribution in [-0.4, -0.2) is 5.71 Å². The zero-order valence-electron chi connectivity index (χ0n) is 14.6. The van der Waals surface area contributed by atoms with Crippen LogP contribution in [0.2, 0.25) is 0 Å². The fraction of sp³-hybridized carbons (Fsp3) is 0.409. The molecule has 0 saturated carbocycles. The molecule has 1 heteroatoms. The Balaban J connectivity index is 1.92. The van der Waals surface area contributed by atoms with E-state index in [0.29, 0.717) is 0 Å². The first kappa shape index (κ1) is 17.5. The lowest BCUT2D eigenvalue weighted by Crippen LogP contribution is -1.92. The quantitative estimate of drug-likeness (QED) is 0.406. The van der Waals surface area contributed by atoms with Crippen molar-refractivity contribution in [2.45, 2.75) is 58.8 Å². The number of rotatable bonds is 9. The molecule has 0 aromatic heterocycles. The van der Waals surface area contributed by atoms with Crippen molar-refractivity contribution >= 4 is 5.71 Å². The van der Waals surface area contributed by atoms with E-state index in [2.05, 4.69) is 55.5 Å². The molecule has 0 heterocycles. The third kappa shape index (κ3) is 6.02. The summed E-state index contributed by atoms with van der Waals surface area (Å²) in [6.07, 6.45) is 8.12. The molecule has 2 aromatic carbocycles. The first-order valence-electron chi connectivity index (χ1n) is 8.91. The van der Waals surface area contributed by atoms with Gasteiger partial charge in [-0.1, -0.05) is 68.3 Å². The lowest BCUT2D eigenvalue weighted by atomic mass is 9.99. The van der Waals surface area contributed by atoms with Gasteiger partial charge in [0, 0.05) is 5.71 Å². The van der Waals surface area contributed by atoms with Gasteiger partial charge in [0.05, 0.1) is 0 Å². The highest BCUT2D eigenvalue weighted by atomic mass is 14.4. The lowest BCUT2D eigenvalue weighted by molar-refractivity contribution is 0.717. The highest BCUT2D eigenvalue weighted by molar-refractivity contribution is 5.78. The molecule has 2 aromatic rings. The molecule has 1 N–H and O–H groups in total. The lowest BCUT2D eigenvalue weighted by Gasteiger charge is -2.06. The summed E-state index contributed by atoms with van der Waals surface area (Å²) >= 11 is 0. The second kappa shape index (κ2) is 9.29. The van der Waals surface area contributed by atoms with E-state index in [1.165, 1.54) is 47.9 Å². The van der Waals surface area contributed by atoms with Gasteiger partial charge in [-0.15, -0.1) is 0 Å². The van der Waals surface area contributed by atoms with Gasteiger partial charge in [-0.3, -0.25) is 0 Å². The minimum Gasteiger partial charge on any atom is -0.310 e. The minimum absolute atomic E-state index is 0.778. The van der Waals surface area contributed by atoms with Crippen LogP contribution in [0, 0.1) is 5.41 Å². The second-order valence-electron chi connectivity index (χ2n) is 6.48. The zero-order chi connectivity index (χ0) is 16.5. The van der Waals surface area contributed by atoms with Crippen LogP contribution in [0.3, 0.4) is 0 Å². The van der Waals surface area contributed by atoms with Crippen LogP contribution < -0.4 is 0 Å². The van der Waals surface area contributed by atoms with Gasteiger partial charge in [-0.25, -0.2) is 0 Å². The van der Waals surface area contributed by atoms with Crippen molar-refractivity contribution in [3.05, 3.63) is 59.7 Å². The number of nitrogens with one attached hydrogen (secondary N) is 1. The molecule has 0 spiro atoms. The van der Waals surface area contributed by atoms with Crippen molar-refractivity contribution in [3.63, 3.8) is 0 Å². The Kier molecular flexibility index (Phi) is 7.06. The molecular formula is C22H29N. The maximum absolute atomic E-state index is 7.48. The normalized spacial score (nSPS) is 10.7. The monoisotopic (exact) mass is 307 g/mol. The third-order valence-electron chi connectivity index (χ3n) is 4.33. The van der Waals surface area contributed by atoms with E-state index in [1.54, 1.807) is 0 Å². The molecule has 0 fully saturated rings. The third-order valence-corrected chi connectivity index (χ3v) is 4.33. The number of hydrogen-bond donors (Lipinski definition) is 1. The summed E-state index contributed by atoms with van der Waals surface area (Å²) < 4.78 is 0. The summed E-state index contributed by atoms with van der Waals surface area (Å²) in [6.45, 7) is 4.13. The van der Waals surface area contributed by atoms with E-state index in [1.807, 2.05) is 6.92 Å². The average Bonchev–Trinajstić information content (AvgIpc) is 2.56. The number of hydrogen-bond acceptors (Lipinski definition) is 1. The van der Waals surface area contributed by atoms with Crippen molar-refractivity contribution in [1.82, 2.24) is 0 Å². The summed E-state index contributed by atoms with van der Waals surface area (Å²) in [4.78, 5) is 0. The van der Waals surface area contributed by atoms with Crippen LogP contribution in [0.1, 0.15) is 57.1 Å². The topological polar surface area (TPSA) is 23.9 Å². The van der Waals surface area contributed by atoms with Gasteiger partial charge < -0.3 is 5.41 Å². The summed E-state index contributed by atoms with van der Waals surface area (Å²) in [7, 11) is 0. The fourth-order valence-corrected chi connectivity index (χ4v) is 2.86. The molecule has 0 saturated heterocycles. The SMILES string of the molecule is CCCCCc1ccc(-c2ccc(CCCC(C)=N)cc2)cc1. The van der Waals surface area contributed by atoms with Crippen molar-refractivity contribution in [1.29, 1.82) is 5.41 Å². The van der Waals surface area contributed by atoms with E-state index in [4.69, 9.17) is 5.41 Å². The van der Waals surface area contributed by atoms with E-state index in [9.17, 15) is 0 Å². The Morgan fingerprint density at radius 1 is 0.739 bits per heavy atom. The maximum atomic E-state index is 7.48. The van der Waals surface area contributed by atoms with Gasteiger partial charge in [0.15, 0.2) is 0 Å². The zero-order valence-corrected chi connectivity index (χ0v) is 14.6. The van der Waals surface area contributed by atoms with E-state index < -0.39 is 0 Å². The van der Waals surface area contributed by atoms with Crippen molar-refractivity contribution in [2.24, 2.45) is 0 Å². The molecule has 2 rings (SSSR count). The molecule has 0 bridgehead atoms. The van der Waals surface area contributed by atoms with Crippen molar-refractivity contribution < 1.29 is 0 Å². The Morgan fingerprint density at radius 2 is 1.22 bits per heavy atom. The Morgan fingerprint density at radius 3 is 1.65 bits per heavy atom. The maximum Gasteiger partial charge on any atom is 0.00583 e. The molecule has 0 amide bonds. The van der Waals surface area contributed by atoms with Crippen LogP contribution in [-0.2, 0) is 12.8 Å². The first-order chi connectivity index (χ1) is 11.2. The Hall–Kier alpha value is -1.89. The number of unbranched alkanes of at least 4 members (excludes halogenated alkanes) is 2. The Bertz CT molecular complexity index is 593. The molecular weight excluding hydrogens is 278 g/mol. The number of benzene rings is 2. The van der Waals surface area contributed by atoms with Gasteiger partial charge in [0.2, 0.25) is 0 Å². The largest absolute Gasteiger partial charge is 0.310 e. The van der Waals surface area contributed by atoms with E-state index in [-0.39, 0.29) is 0 Å². The summed E-state index contributed by atoms with van der Waals surface area (Å²) in [6, 6.07) is 17.9. The molecule has 1 nitrogen and oxygen atoms in total. The number of aryl methyl sites for hydroxylation is 2. The average molecular weight is 307 g/mol. The standard InChI is InChI=1S/C22H29N/c1-3-4-5-8-19-10-14-21(15-11-19)22-16-12-20(13-17-22)9-6-7-18(2)23/h10-17,23H,3-9H2,1-2H3. The van der Waals surface area contributed by atoms with E-state index in [0.717, 1.165) is 25.0 Å². The van der Waals surface area contributed by atoms with Crippen LogP contribution >= 0.6 is 0 Å². The smallest absolute Gasteiger partial charge is 0.00583 e. The van der Waals surface area contributed by atoms with Gasteiger partial charge in [0.1, 0.15) is 0 Å². The summed E-state index contributed by atoms with van der Waals surface area (Å²) in [5, 5.41) is 7.48. The van der Waals surface area contributed by atoms with Gasteiger partial charge in [0.25, 0.3) is 0 Å². The molecule has 0 aliphatic heterocycles.